The van der Waals surface area contributed by atoms with Crippen LogP contribution in [0.2, 0.25) is 0 Å². The molecular formula is C12H11NO5. The number of hydrogen-bond acceptors (Lipinski definition) is 5. The summed E-state index contributed by atoms with van der Waals surface area (Å²) >= 11 is 0. The molecule has 0 radical (unpaired) electrons. The zero-order chi connectivity index (χ0) is 13.4. The summed E-state index contributed by atoms with van der Waals surface area (Å²) in [6, 6.07) is 3.20. The summed E-state index contributed by atoms with van der Waals surface area (Å²) in [7, 11) is 0. The first-order valence-corrected chi connectivity index (χ1v) is 5.39. The molecular weight excluding hydrogens is 238 g/mol. The molecule has 6 nitrogen and oxygen atoms in total. The van der Waals surface area contributed by atoms with Gasteiger partial charge in [0.15, 0.2) is 0 Å². The largest absolute Gasteiger partial charge is 0.501 e. The first-order chi connectivity index (χ1) is 8.45. The van der Waals surface area contributed by atoms with Crippen LogP contribution in [0.15, 0.2) is 21.3 Å². The van der Waals surface area contributed by atoms with Crippen molar-refractivity contribution in [2.24, 2.45) is 0 Å². The van der Waals surface area contributed by atoms with Crippen LogP contribution in [0.1, 0.15) is 18.1 Å². The molecule has 0 aliphatic heterocycles. The predicted molar refractivity (Wildman–Crippen MR) is 64.9 cm³/mol. The zero-order valence-electron chi connectivity index (χ0n) is 9.89. The monoisotopic (exact) mass is 249 g/mol. The third kappa shape index (κ3) is 1.71. The molecule has 0 aliphatic rings. The van der Waals surface area contributed by atoms with Gasteiger partial charge in [-0.1, -0.05) is 6.92 Å². The molecule has 2 rings (SSSR count). The molecule has 18 heavy (non-hydrogen) atoms. The molecule has 0 saturated heterocycles. The van der Waals surface area contributed by atoms with E-state index in [1.54, 1.807) is 12.1 Å². The van der Waals surface area contributed by atoms with Crippen LogP contribution in [-0.4, -0.2) is 10.0 Å². The maximum absolute atomic E-state index is 11.4. The van der Waals surface area contributed by atoms with Crippen LogP contribution in [0.5, 0.6) is 5.75 Å². The second-order valence-electron chi connectivity index (χ2n) is 3.97. The Hall–Kier alpha value is -2.37. The smallest absolute Gasteiger partial charge is 0.419 e. The van der Waals surface area contributed by atoms with Gasteiger partial charge >= 0.3 is 11.3 Å². The zero-order valence-corrected chi connectivity index (χ0v) is 9.89. The Morgan fingerprint density at radius 3 is 2.67 bits per heavy atom. The van der Waals surface area contributed by atoms with E-state index in [2.05, 4.69) is 0 Å². The van der Waals surface area contributed by atoms with E-state index in [4.69, 9.17) is 4.42 Å². The van der Waals surface area contributed by atoms with Crippen molar-refractivity contribution < 1.29 is 14.4 Å². The molecule has 94 valence electrons. The Morgan fingerprint density at radius 2 is 2.11 bits per heavy atom. The molecule has 1 N–H and O–H groups in total. The van der Waals surface area contributed by atoms with Crippen molar-refractivity contribution >= 4 is 16.7 Å². The van der Waals surface area contributed by atoms with Gasteiger partial charge in [0.25, 0.3) is 0 Å². The molecule has 2 aromatic rings. The summed E-state index contributed by atoms with van der Waals surface area (Å²) in [4.78, 5) is 21.1. The summed E-state index contributed by atoms with van der Waals surface area (Å²) in [6.07, 6.45) is 0.716. The highest BCUT2D eigenvalue weighted by Crippen LogP contribution is 2.32. The van der Waals surface area contributed by atoms with Crippen molar-refractivity contribution in [3.63, 3.8) is 0 Å². The van der Waals surface area contributed by atoms with E-state index in [1.165, 1.54) is 0 Å². The van der Waals surface area contributed by atoms with Gasteiger partial charge in [0.1, 0.15) is 5.58 Å². The molecule has 0 fully saturated rings. The van der Waals surface area contributed by atoms with Crippen molar-refractivity contribution in [3.05, 3.63) is 43.8 Å². The Balaban J connectivity index is 2.93. The molecule has 0 atom stereocenters. The third-order valence-corrected chi connectivity index (χ3v) is 2.88. The summed E-state index contributed by atoms with van der Waals surface area (Å²) in [6.45, 7) is 3.77. The predicted octanol–water partition coefficient (Wildman–Crippen LogP) is 2.28. The molecule has 6 heteroatoms. The van der Waals surface area contributed by atoms with Crippen LogP contribution in [0.3, 0.4) is 0 Å². The van der Waals surface area contributed by atoms with Crippen LogP contribution in [0.25, 0.3) is 11.0 Å². The van der Waals surface area contributed by atoms with E-state index >= 15 is 0 Å². The minimum Gasteiger partial charge on any atom is -0.501 e. The van der Waals surface area contributed by atoms with Crippen molar-refractivity contribution in [1.82, 2.24) is 0 Å². The maximum atomic E-state index is 11.4. The van der Waals surface area contributed by atoms with Gasteiger partial charge in [-0.3, -0.25) is 10.1 Å². The fourth-order valence-electron chi connectivity index (χ4n) is 1.91. The van der Waals surface area contributed by atoms with Gasteiger partial charge in [-0.25, -0.2) is 4.79 Å². The Morgan fingerprint density at radius 1 is 1.44 bits per heavy atom. The number of aromatic hydroxyl groups is 1. The van der Waals surface area contributed by atoms with Crippen LogP contribution in [-0.2, 0) is 6.42 Å². The van der Waals surface area contributed by atoms with Crippen molar-refractivity contribution in [2.45, 2.75) is 20.3 Å². The van der Waals surface area contributed by atoms with Gasteiger partial charge in [0.2, 0.25) is 5.75 Å². The number of aryl methyl sites for hydroxylation is 2. The highest BCUT2D eigenvalue weighted by Gasteiger charge is 2.24. The van der Waals surface area contributed by atoms with Gasteiger partial charge in [-0.2, -0.15) is 0 Å². The summed E-state index contributed by atoms with van der Waals surface area (Å²) in [5.74, 6) is -0.638. The lowest BCUT2D eigenvalue weighted by Gasteiger charge is -2.06. The third-order valence-electron chi connectivity index (χ3n) is 2.88. The summed E-state index contributed by atoms with van der Waals surface area (Å²) in [5.41, 5.74) is -0.0813. The highest BCUT2D eigenvalue weighted by atomic mass is 16.6. The first kappa shape index (κ1) is 12.1. The average Bonchev–Trinajstić information content (AvgIpc) is 2.27. The maximum Gasteiger partial charge on any atom is 0.419 e. The Kier molecular flexibility index (Phi) is 2.78. The first-order valence-electron chi connectivity index (χ1n) is 5.39. The fraction of sp³-hybridized carbons (Fsp3) is 0.250. The standard InChI is InChI=1S/C12H11NO5/c1-3-7-5-8-9(4-6(7)2)18-12(15)10(11(8)14)13(16)17/h4-5,14H,3H2,1-2H3. The van der Waals surface area contributed by atoms with E-state index in [1.807, 2.05) is 13.8 Å². The second-order valence-corrected chi connectivity index (χ2v) is 3.97. The fourth-order valence-corrected chi connectivity index (χ4v) is 1.91. The SMILES string of the molecule is CCc1cc2c(O)c([N+](=O)[O-])c(=O)oc2cc1C. The molecule has 0 aliphatic carbocycles. The lowest BCUT2D eigenvalue weighted by atomic mass is 10.0. The number of hydrogen-bond donors (Lipinski definition) is 1. The van der Waals surface area contributed by atoms with Crippen LogP contribution >= 0.6 is 0 Å². The van der Waals surface area contributed by atoms with Gasteiger partial charge in [-0.15, -0.1) is 0 Å². The lowest BCUT2D eigenvalue weighted by Crippen LogP contribution is -2.07. The van der Waals surface area contributed by atoms with Gasteiger partial charge in [-0.05, 0) is 36.6 Å². The Labute approximate surface area is 102 Å². The molecule has 0 amide bonds. The van der Waals surface area contributed by atoms with E-state index < -0.39 is 22.0 Å². The normalized spacial score (nSPS) is 10.8. The number of benzene rings is 1. The molecule has 1 aromatic heterocycles. The molecule has 0 spiro atoms. The van der Waals surface area contributed by atoms with Crippen molar-refractivity contribution in [1.29, 1.82) is 0 Å². The number of nitro groups is 1. The Bertz CT molecular complexity index is 702. The summed E-state index contributed by atoms with van der Waals surface area (Å²) in [5, 5.41) is 20.7. The van der Waals surface area contributed by atoms with E-state index in [9.17, 15) is 20.0 Å². The number of rotatable bonds is 2. The van der Waals surface area contributed by atoms with E-state index in [-0.39, 0.29) is 11.0 Å². The summed E-state index contributed by atoms with van der Waals surface area (Å²) < 4.78 is 4.86. The quantitative estimate of drug-likeness (QED) is 0.500. The average molecular weight is 249 g/mol. The van der Waals surface area contributed by atoms with Crippen LogP contribution in [0.4, 0.5) is 5.69 Å². The topological polar surface area (TPSA) is 93.6 Å². The van der Waals surface area contributed by atoms with Gasteiger partial charge < -0.3 is 9.52 Å². The molecule has 1 aromatic carbocycles. The second kappa shape index (κ2) is 4.14. The number of nitrogens with zero attached hydrogens (tertiary/aromatic N) is 1. The van der Waals surface area contributed by atoms with Gasteiger partial charge in [0, 0.05) is 0 Å². The highest BCUT2D eigenvalue weighted by molar-refractivity contribution is 5.87. The van der Waals surface area contributed by atoms with Crippen LogP contribution in [0, 0.1) is 17.0 Å². The molecule has 0 unspecified atom stereocenters. The minimum absolute atomic E-state index is 0.151. The van der Waals surface area contributed by atoms with Gasteiger partial charge in [0.05, 0.1) is 10.3 Å². The minimum atomic E-state index is -1.14. The molecule has 0 saturated carbocycles. The lowest BCUT2D eigenvalue weighted by molar-refractivity contribution is -0.388. The molecule has 1 heterocycles. The van der Waals surface area contributed by atoms with Crippen LogP contribution < -0.4 is 5.63 Å². The van der Waals surface area contributed by atoms with E-state index in [0.29, 0.717) is 6.42 Å². The molecule has 0 bridgehead atoms. The van der Waals surface area contributed by atoms with Crippen molar-refractivity contribution in [2.75, 3.05) is 0 Å². The number of fused-ring (bicyclic) bond motifs is 1. The van der Waals surface area contributed by atoms with Crippen molar-refractivity contribution in [3.8, 4) is 5.75 Å². The van der Waals surface area contributed by atoms with E-state index in [0.717, 1.165) is 11.1 Å².